The second-order valence-corrected chi connectivity index (χ2v) is 10.6. The van der Waals surface area contributed by atoms with Crippen LogP contribution in [0.4, 0.5) is 0 Å². The van der Waals surface area contributed by atoms with Gasteiger partial charge in [-0.2, -0.15) is 0 Å². The Bertz CT molecular complexity index is 473. The summed E-state index contributed by atoms with van der Waals surface area (Å²) in [6.07, 6.45) is 0. The molecule has 0 aliphatic carbocycles. The van der Waals surface area contributed by atoms with Crippen molar-refractivity contribution in [2.45, 2.75) is 0 Å². The summed E-state index contributed by atoms with van der Waals surface area (Å²) in [5.74, 6) is 0. The van der Waals surface area contributed by atoms with E-state index >= 15 is 0 Å². The average Bonchev–Trinajstić information content (AvgIpc) is 1.62. The van der Waals surface area contributed by atoms with Gasteiger partial charge in [0.1, 0.15) is 0 Å². The average molecular weight is 687 g/mol. The SMILES string of the molecule is [K].[O]=[Mo](=[O])([OH])[OH].[O]=[Mo](=[O])([OH])[OH].[O]=[Mo](=[O])([OH])[OH].[O]=[Mo](=[O])([OH])[OH]. The number of rotatable bonds is 0. The molecular formula is H8KMo4O16. The molecule has 0 rings (SSSR count). The molecule has 0 aliphatic heterocycles. The van der Waals surface area contributed by atoms with Gasteiger partial charge in [-0.05, 0) is 0 Å². The van der Waals surface area contributed by atoms with Crippen molar-refractivity contribution < 1.29 is 124 Å². The van der Waals surface area contributed by atoms with Crippen molar-refractivity contribution in [3.8, 4) is 0 Å². The Morgan fingerprint density at radius 2 is 0.333 bits per heavy atom. The van der Waals surface area contributed by atoms with Crippen molar-refractivity contribution in [2.75, 3.05) is 0 Å². The van der Waals surface area contributed by atoms with Gasteiger partial charge in [-0.3, -0.25) is 0 Å². The fraction of sp³-hybridized carbons (Fsp3) is 0. The van der Waals surface area contributed by atoms with Crippen LogP contribution in [0.15, 0.2) is 0 Å². The van der Waals surface area contributed by atoms with Crippen LogP contribution in [-0.2, 0) is 94.2 Å². The van der Waals surface area contributed by atoms with E-state index in [0.717, 1.165) is 0 Å². The summed E-state index contributed by atoms with van der Waals surface area (Å²) >= 11 is -22.1. The molecule has 0 aromatic rings. The minimum atomic E-state index is -5.52. The molecule has 0 aromatic heterocycles. The molecular weight excluding hydrogens is 679 g/mol. The van der Waals surface area contributed by atoms with Crippen molar-refractivity contribution in [3.63, 3.8) is 0 Å². The number of hydrogen-bond donors (Lipinski definition) is 8. The molecule has 1 radical (unpaired) electrons. The van der Waals surface area contributed by atoms with Crippen LogP contribution in [0.3, 0.4) is 0 Å². The monoisotopic (exact) mass is 695 g/mol. The molecule has 21 heteroatoms. The van der Waals surface area contributed by atoms with Crippen LogP contribution in [0.1, 0.15) is 0 Å². The molecule has 0 fully saturated rings. The first-order valence-electron chi connectivity index (χ1n) is 2.79. The van der Waals surface area contributed by atoms with Crippen LogP contribution < -0.4 is 0 Å². The molecule has 0 saturated carbocycles. The fourth-order valence-electron chi connectivity index (χ4n) is 0. The summed E-state index contributed by atoms with van der Waals surface area (Å²) in [6, 6.07) is 0. The van der Waals surface area contributed by atoms with Gasteiger partial charge >= 0.3 is 124 Å². The molecule has 0 heterocycles. The van der Waals surface area contributed by atoms with E-state index < -0.39 is 67.0 Å². The standard InChI is InChI=1S/K.4Mo.8H2O.8O/h;;;;;8*1H2;;;;;;;;/q;4*+2;;;;;;;;;;;;;;;;/p-8. The third-order valence-electron chi connectivity index (χ3n) is 0. The summed E-state index contributed by atoms with van der Waals surface area (Å²) in [5.41, 5.74) is 0. The van der Waals surface area contributed by atoms with E-state index in [9.17, 15) is 0 Å². The van der Waals surface area contributed by atoms with Crippen molar-refractivity contribution in [1.82, 2.24) is 0 Å². The second-order valence-electron chi connectivity index (χ2n) is 1.79. The Hall–Kier alpha value is 2.47. The van der Waals surface area contributed by atoms with Crippen LogP contribution in [0.2, 0.25) is 0 Å². The first-order chi connectivity index (χ1) is 8.00. The van der Waals surface area contributed by atoms with Gasteiger partial charge < -0.3 is 0 Å². The van der Waals surface area contributed by atoms with Gasteiger partial charge in [0.05, 0.1) is 0 Å². The zero-order valence-electron chi connectivity index (χ0n) is 9.48. The Kier molecular flexibility index (Phi) is 24.5. The molecule has 0 aromatic carbocycles. The van der Waals surface area contributed by atoms with Gasteiger partial charge in [0, 0.05) is 51.4 Å². The molecule has 21 heavy (non-hydrogen) atoms. The first-order valence-corrected chi connectivity index (χ1v) is 16.5. The molecule has 0 aliphatic rings. The van der Waals surface area contributed by atoms with E-state index in [1.54, 1.807) is 0 Å². The Labute approximate surface area is 172 Å². The summed E-state index contributed by atoms with van der Waals surface area (Å²) < 4.78 is 128. The molecule has 8 N–H and O–H groups in total. The molecule has 16 nitrogen and oxygen atoms in total. The Balaban J connectivity index is -0.0000000533. The van der Waals surface area contributed by atoms with Crippen LogP contribution in [0, 0.1) is 0 Å². The number of hydrogen-bond acceptors (Lipinski definition) is 8. The van der Waals surface area contributed by atoms with E-state index in [1.165, 1.54) is 0 Å². The predicted molar refractivity (Wildman–Crippen MR) is 29.0 cm³/mol. The Morgan fingerprint density at radius 3 is 0.333 bits per heavy atom. The van der Waals surface area contributed by atoms with Crippen molar-refractivity contribution in [2.24, 2.45) is 0 Å². The summed E-state index contributed by atoms with van der Waals surface area (Å²) in [5, 5.41) is 0. The van der Waals surface area contributed by atoms with Crippen molar-refractivity contribution >= 4 is 51.4 Å². The minimum absolute atomic E-state index is 0. The second kappa shape index (κ2) is 14.8. The zero-order valence-corrected chi connectivity index (χ0v) is 20.6. The van der Waals surface area contributed by atoms with Crippen molar-refractivity contribution in [1.29, 1.82) is 0 Å². The maximum absolute atomic E-state index is 8.85. The quantitative estimate of drug-likeness (QED) is 0.110. The molecule has 0 saturated heterocycles. The Morgan fingerprint density at radius 1 is 0.333 bits per heavy atom. The third-order valence-corrected chi connectivity index (χ3v) is 0. The predicted octanol–water partition coefficient (Wildman–Crippen LogP) is -5.80. The van der Waals surface area contributed by atoms with Crippen LogP contribution in [0.25, 0.3) is 0 Å². The summed E-state index contributed by atoms with van der Waals surface area (Å²) in [7, 11) is 0. The topological polar surface area (TPSA) is 298 Å². The van der Waals surface area contributed by atoms with E-state index in [-0.39, 0.29) is 51.4 Å². The van der Waals surface area contributed by atoms with E-state index in [0.29, 0.717) is 0 Å². The zero-order chi connectivity index (χ0) is 18.0. The molecule has 0 spiro atoms. The van der Waals surface area contributed by atoms with E-state index in [2.05, 4.69) is 0 Å². The van der Waals surface area contributed by atoms with Crippen LogP contribution >= 0.6 is 0 Å². The van der Waals surface area contributed by atoms with E-state index in [1.807, 2.05) is 0 Å². The molecule has 0 unspecified atom stereocenters. The molecule has 129 valence electrons. The van der Waals surface area contributed by atoms with Crippen LogP contribution in [-0.4, -0.2) is 81.5 Å². The van der Waals surface area contributed by atoms with Gasteiger partial charge in [-0.15, -0.1) is 0 Å². The first kappa shape index (κ1) is 34.7. The van der Waals surface area contributed by atoms with Crippen LogP contribution in [0.5, 0.6) is 0 Å². The van der Waals surface area contributed by atoms with Gasteiger partial charge in [-0.1, -0.05) is 0 Å². The van der Waals surface area contributed by atoms with Gasteiger partial charge in [-0.25, -0.2) is 0 Å². The van der Waals surface area contributed by atoms with Gasteiger partial charge in [0.15, 0.2) is 0 Å². The normalized spacial score (nSPS) is 11.0. The summed E-state index contributed by atoms with van der Waals surface area (Å²) in [4.78, 5) is 0. The molecule has 0 amide bonds. The molecule has 0 atom stereocenters. The van der Waals surface area contributed by atoms with Crippen molar-refractivity contribution in [3.05, 3.63) is 0 Å². The third kappa shape index (κ3) is 1540. The maximum atomic E-state index is 8.85. The molecule has 0 bridgehead atoms. The van der Waals surface area contributed by atoms with Gasteiger partial charge in [0.2, 0.25) is 0 Å². The van der Waals surface area contributed by atoms with E-state index in [4.69, 9.17) is 57.3 Å². The van der Waals surface area contributed by atoms with Gasteiger partial charge in [0.25, 0.3) is 0 Å². The summed E-state index contributed by atoms with van der Waals surface area (Å²) in [6.45, 7) is 0. The fourth-order valence-corrected chi connectivity index (χ4v) is 0.